The van der Waals surface area contributed by atoms with E-state index in [1.54, 1.807) is 0 Å². The van der Waals surface area contributed by atoms with Gasteiger partial charge in [0.25, 0.3) is 0 Å². The first kappa shape index (κ1) is 15.1. The highest BCUT2D eigenvalue weighted by atomic mass is 16.5. The smallest absolute Gasteiger partial charge is 0.328 e. The zero-order chi connectivity index (χ0) is 13.1. The molecule has 0 aliphatic carbocycles. The monoisotopic (exact) mass is 244 g/mol. The Morgan fingerprint density at radius 2 is 1.88 bits per heavy atom. The van der Waals surface area contributed by atoms with Crippen molar-refractivity contribution in [2.75, 3.05) is 26.8 Å². The molecule has 0 bridgehead atoms. The van der Waals surface area contributed by atoms with Gasteiger partial charge in [-0.1, -0.05) is 0 Å². The Labute approximate surface area is 98.8 Å². The van der Waals surface area contributed by atoms with Crippen LogP contribution >= 0.6 is 0 Å². The highest BCUT2D eigenvalue weighted by molar-refractivity contribution is 5.94. The fourth-order valence-corrected chi connectivity index (χ4v) is 0.886. The minimum Gasteiger partial charge on any atom is -0.478 e. The SMILES string of the molecule is COCCNC(=O)CCNC(=O)/C=C\C(=O)O. The Hall–Kier alpha value is -1.89. The first-order chi connectivity index (χ1) is 8.06. The van der Waals surface area contributed by atoms with Crippen molar-refractivity contribution in [3.8, 4) is 0 Å². The molecule has 0 saturated carbocycles. The largest absolute Gasteiger partial charge is 0.478 e. The lowest BCUT2D eigenvalue weighted by molar-refractivity contribution is -0.131. The summed E-state index contributed by atoms with van der Waals surface area (Å²) in [6, 6.07) is 0. The van der Waals surface area contributed by atoms with Crippen LogP contribution in [0, 0.1) is 0 Å². The Bertz CT molecular complexity index is 301. The Kier molecular flexibility index (Phi) is 8.31. The number of amides is 2. The number of methoxy groups -OCH3 is 1. The normalized spacial score (nSPS) is 10.2. The molecule has 0 unspecified atom stereocenters. The van der Waals surface area contributed by atoms with Crippen molar-refractivity contribution in [2.45, 2.75) is 6.42 Å². The van der Waals surface area contributed by atoms with E-state index in [0.29, 0.717) is 13.2 Å². The highest BCUT2D eigenvalue weighted by Crippen LogP contribution is 1.80. The van der Waals surface area contributed by atoms with Gasteiger partial charge in [0, 0.05) is 38.8 Å². The molecular formula is C10H16N2O5. The number of hydrogen-bond donors (Lipinski definition) is 3. The van der Waals surface area contributed by atoms with E-state index in [-0.39, 0.29) is 18.9 Å². The highest BCUT2D eigenvalue weighted by Gasteiger charge is 2.01. The van der Waals surface area contributed by atoms with Crippen molar-refractivity contribution in [1.29, 1.82) is 0 Å². The number of ether oxygens (including phenoxy) is 1. The number of aliphatic carboxylic acids is 1. The van der Waals surface area contributed by atoms with E-state index in [1.165, 1.54) is 7.11 Å². The van der Waals surface area contributed by atoms with E-state index in [0.717, 1.165) is 12.2 Å². The molecule has 0 spiro atoms. The quantitative estimate of drug-likeness (QED) is 0.371. The van der Waals surface area contributed by atoms with Crippen LogP contribution in [0.5, 0.6) is 0 Å². The average molecular weight is 244 g/mol. The topological polar surface area (TPSA) is 105 Å². The zero-order valence-corrected chi connectivity index (χ0v) is 9.56. The summed E-state index contributed by atoms with van der Waals surface area (Å²) in [7, 11) is 1.53. The molecule has 0 radical (unpaired) electrons. The van der Waals surface area contributed by atoms with Gasteiger partial charge >= 0.3 is 5.97 Å². The van der Waals surface area contributed by atoms with Crippen LogP contribution in [0.3, 0.4) is 0 Å². The van der Waals surface area contributed by atoms with E-state index >= 15 is 0 Å². The van der Waals surface area contributed by atoms with Gasteiger partial charge in [0.15, 0.2) is 0 Å². The van der Waals surface area contributed by atoms with Crippen LogP contribution in [0.25, 0.3) is 0 Å². The lowest BCUT2D eigenvalue weighted by Gasteiger charge is -2.04. The van der Waals surface area contributed by atoms with Crippen molar-refractivity contribution in [1.82, 2.24) is 10.6 Å². The molecule has 0 aromatic heterocycles. The molecule has 0 atom stereocenters. The molecule has 7 nitrogen and oxygen atoms in total. The summed E-state index contributed by atoms with van der Waals surface area (Å²) >= 11 is 0. The van der Waals surface area contributed by atoms with Crippen LogP contribution in [0.4, 0.5) is 0 Å². The number of carbonyl (C=O) groups is 3. The summed E-state index contributed by atoms with van der Waals surface area (Å²) in [5.74, 6) is -1.95. The average Bonchev–Trinajstić information content (AvgIpc) is 2.27. The molecule has 0 heterocycles. The fourth-order valence-electron chi connectivity index (χ4n) is 0.886. The molecule has 0 aromatic carbocycles. The Balaban J connectivity index is 3.59. The number of carbonyl (C=O) groups excluding carboxylic acids is 2. The Morgan fingerprint density at radius 3 is 2.47 bits per heavy atom. The van der Waals surface area contributed by atoms with E-state index < -0.39 is 11.9 Å². The van der Waals surface area contributed by atoms with E-state index in [9.17, 15) is 14.4 Å². The molecule has 0 saturated heterocycles. The first-order valence-electron chi connectivity index (χ1n) is 5.00. The third-order valence-corrected chi connectivity index (χ3v) is 1.66. The van der Waals surface area contributed by atoms with Crippen molar-refractivity contribution in [3.63, 3.8) is 0 Å². The van der Waals surface area contributed by atoms with Crippen LogP contribution in [0.2, 0.25) is 0 Å². The molecule has 0 rings (SSSR count). The minimum absolute atomic E-state index is 0.135. The summed E-state index contributed by atoms with van der Waals surface area (Å²) < 4.78 is 4.74. The van der Waals surface area contributed by atoms with Crippen molar-refractivity contribution in [3.05, 3.63) is 12.2 Å². The second-order valence-electron chi connectivity index (χ2n) is 3.06. The van der Waals surface area contributed by atoms with Crippen LogP contribution in [-0.4, -0.2) is 49.7 Å². The number of carboxylic acids is 1. The van der Waals surface area contributed by atoms with E-state index in [1.807, 2.05) is 0 Å². The number of carboxylic acid groups (broad SMARTS) is 1. The van der Waals surface area contributed by atoms with Gasteiger partial charge in [0.05, 0.1) is 6.61 Å². The molecule has 2 amide bonds. The standard InChI is InChI=1S/C10H16N2O5/c1-17-7-6-12-9(14)4-5-11-8(13)2-3-10(15)16/h2-3H,4-7H2,1H3,(H,11,13)(H,12,14)(H,15,16)/b3-2-. The molecule has 0 aliphatic rings. The maximum Gasteiger partial charge on any atom is 0.328 e. The first-order valence-corrected chi connectivity index (χ1v) is 5.00. The Morgan fingerprint density at radius 1 is 1.18 bits per heavy atom. The number of hydrogen-bond acceptors (Lipinski definition) is 4. The molecule has 0 aromatic rings. The number of nitrogens with one attached hydrogen (secondary N) is 2. The molecule has 0 aliphatic heterocycles. The maximum atomic E-state index is 11.1. The van der Waals surface area contributed by atoms with E-state index in [2.05, 4.69) is 10.6 Å². The summed E-state index contributed by atoms with van der Waals surface area (Å²) in [5, 5.41) is 13.2. The summed E-state index contributed by atoms with van der Waals surface area (Å²) in [6.45, 7) is 1.00. The van der Waals surface area contributed by atoms with Gasteiger partial charge in [0.1, 0.15) is 0 Å². The lowest BCUT2D eigenvalue weighted by atomic mass is 10.3. The van der Waals surface area contributed by atoms with Crippen LogP contribution < -0.4 is 10.6 Å². The summed E-state index contributed by atoms with van der Waals surface area (Å²) in [6.07, 6.45) is 1.76. The minimum atomic E-state index is -1.20. The number of rotatable bonds is 8. The van der Waals surface area contributed by atoms with Gasteiger partial charge < -0.3 is 20.5 Å². The molecule has 17 heavy (non-hydrogen) atoms. The van der Waals surface area contributed by atoms with Gasteiger partial charge in [-0.3, -0.25) is 9.59 Å². The van der Waals surface area contributed by atoms with Gasteiger partial charge in [-0.2, -0.15) is 0 Å². The summed E-state index contributed by atoms with van der Waals surface area (Å²) in [4.78, 5) is 32.2. The van der Waals surface area contributed by atoms with Crippen LogP contribution in [0.15, 0.2) is 12.2 Å². The second kappa shape index (κ2) is 9.34. The van der Waals surface area contributed by atoms with Gasteiger partial charge in [-0.25, -0.2) is 4.79 Å². The summed E-state index contributed by atoms with van der Waals surface area (Å²) in [5.41, 5.74) is 0. The van der Waals surface area contributed by atoms with Gasteiger partial charge in [-0.05, 0) is 0 Å². The lowest BCUT2D eigenvalue weighted by Crippen LogP contribution is -2.31. The van der Waals surface area contributed by atoms with E-state index in [4.69, 9.17) is 9.84 Å². The predicted octanol–water partition coefficient (Wildman–Crippen LogP) is -1.10. The van der Waals surface area contributed by atoms with Crippen molar-refractivity contribution >= 4 is 17.8 Å². The van der Waals surface area contributed by atoms with Gasteiger partial charge in [-0.15, -0.1) is 0 Å². The predicted molar refractivity (Wildman–Crippen MR) is 59.3 cm³/mol. The third kappa shape index (κ3) is 10.4. The van der Waals surface area contributed by atoms with Crippen molar-refractivity contribution < 1.29 is 24.2 Å². The fraction of sp³-hybridized carbons (Fsp3) is 0.500. The van der Waals surface area contributed by atoms with Gasteiger partial charge in [0.2, 0.25) is 11.8 Å². The molecular weight excluding hydrogens is 228 g/mol. The van der Waals surface area contributed by atoms with Crippen LogP contribution in [-0.2, 0) is 19.1 Å². The maximum absolute atomic E-state index is 11.1. The molecule has 96 valence electrons. The molecule has 0 fully saturated rings. The third-order valence-electron chi connectivity index (χ3n) is 1.66. The van der Waals surface area contributed by atoms with Crippen molar-refractivity contribution in [2.24, 2.45) is 0 Å². The zero-order valence-electron chi connectivity index (χ0n) is 9.56. The van der Waals surface area contributed by atoms with Crippen LogP contribution in [0.1, 0.15) is 6.42 Å². The second-order valence-corrected chi connectivity index (χ2v) is 3.06. The molecule has 7 heteroatoms. The molecule has 3 N–H and O–H groups in total.